The van der Waals surface area contributed by atoms with Gasteiger partial charge in [-0.15, -0.1) is 0 Å². The first-order chi connectivity index (χ1) is 8.04. The maximum atomic E-state index is 2.37. The van der Waals surface area contributed by atoms with Gasteiger partial charge in [0.2, 0.25) is 0 Å². The fourth-order valence-electron chi connectivity index (χ4n) is 1.90. The molecular formula is C18H32. The fourth-order valence-corrected chi connectivity index (χ4v) is 1.90. The third kappa shape index (κ3) is 5.25. The molecular weight excluding hydrogens is 216 g/mol. The largest absolute Gasteiger partial charge is 0.0656 e. The van der Waals surface area contributed by atoms with Crippen LogP contribution in [0.4, 0.5) is 0 Å². The predicted molar refractivity (Wildman–Crippen MR) is 84.5 cm³/mol. The molecule has 0 bridgehead atoms. The minimum Gasteiger partial charge on any atom is -0.0656 e. The molecule has 0 saturated carbocycles. The van der Waals surface area contributed by atoms with Crippen LogP contribution in [0.25, 0.3) is 0 Å². The highest BCUT2D eigenvalue weighted by Gasteiger charge is 2.20. The summed E-state index contributed by atoms with van der Waals surface area (Å²) < 4.78 is 0. The van der Waals surface area contributed by atoms with E-state index in [4.69, 9.17) is 0 Å². The average molecular weight is 248 g/mol. The molecule has 0 aliphatic rings. The summed E-state index contributed by atoms with van der Waals surface area (Å²) in [5.41, 5.74) is 4.78. The number of rotatable bonds is 0. The molecule has 1 rings (SSSR count). The van der Waals surface area contributed by atoms with Gasteiger partial charge in [-0.2, -0.15) is 0 Å². The van der Waals surface area contributed by atoms with Gasteiger partial charge in [0.1, 0.15) is 0 Å². The SMILES string of the molecule is CCC.Cc1ccc(C(C)(C)C)cc1C(C)(C)C. The van der Waals surface area contributed by atoms with Crippen molar-refractivity contribution in [2.45, 2.75) is 79.6 Å². The van der Waals surface area contributed by atoms with Crippen LogP contribution in [0.2, 0.25) is 0 Å². The summed E-state index contributed by atoms with van der Waals surface area (Å²) in [6.45, 7) is 20.1. The molecule has 0 heteroatoms. The number of hydrogen-bond acceptors (Lipinski definition) is 0. The van der Waals surface area contributed by atoms with E-state index in [9.17, 15) is 0 Å². The second-order valence-electron chi connectivity index (χ2n) is 7.24. The Labute approximate surface area is 115 Å². The van der Waals surface area contributed by atoms with E-state index < -0.39 is 0 Å². The molecule has 0 atom stereocenters. The van der Waals surface area contributed by atoms with Crippen molar-refractivity contribution in [3.8, 4) is 0 Å². The maximum absolute atomic E-state index is 2.37. The van der Waals surface area contributed by atoms with Crippen molar-refractivity contribution in [1.29, 1.82) is 0 Å². The maximum Gasteiger partial charge on any atom is -0.0129 e. The normalized spacial score (nSPS) is 11.8. The van der Waals surface area contributed by atoms with E-state index in [1.807, 2.05) is 0 Å². The van der Waals surface area contributed by atoms with Crippen molar-refractivity contribution < 1.29 is 0 Å². The summed E-state index contributed by atoms with van der Waals surface area (Å²) in [7, 11) is 0. The molecule has 0 N–H and O–H groups in total. The van der Waals surface area contributed by atoms with Gasteiger partial charge in [-0.05, 0) is 34.4 Å². The number of benzene rings is 1. The molecule has 0 nitrogen and oxygen atoms in total. The van der Waals surface area contributed by atoms with Gasteiger partial charge >= 0.3 is 0 Å². The lowest BCUT2D eigenvalue weighted by atomic mass is 9.79. The Morgan fingerprint density at radius 2 is 1.28 bits per heavy atom. The highest BCUT2D eigenvalue weighted by atomic mass is 14.2. The van der Waals surface area contributed by atoms with Gasteiger partial charge in [0.15, 0.2) is 0 Å². The van der Waals surface area contributed by atoms with Crippen molar-refractivity contribution in [2.75, 3.05) is 0 Å². The molecule has 0 radical (unpaired) electrons. The van der Waals surface area contributed by atoms with E-state index in [2.05, 4.69) is 80.5 Å². The number of aryl methyl sites for hydroxylation is 1. The van der Waals surface area contributed by atoms with Crippen LogP contribution >= 0.6 is 0 Å². The van der Waals surface area contributed by atoms with Crippen LogP contribution < -0.4 is 0 Å². The van der Waals surface area contributed by atoms with E-state index in [0.29, 0.717) is 0 Å². The molecule has 0 saturated heterocycles. The second-order valence-corrected chi connectivity index (χ2v) is 7.24. The van der Waals surface area contributed by atoms with E-state index in [1.54, 1.807) is 0 Å². The van der Waals surface area contributed by atoms with Crippen LogP contribution in [0, 0.1) is 6.92 Å². The quantitative estimate of drug-likeness (QED) is 0.527. The lowest BCUT2D eigenvalue weighted by Crippen LogP contribution is -2.17. The summed E-state index contributed by atoms with van der Waals surface area (Å²) in [5, 5.41) is 0. The van der Waals surface area contributed by atoms with Gasteiger partial charge in [-0.3, -0.25) is 0 Å². The highest BCUT2D eigenvalue weighted by molar-refractivity contribution is 5.38. The minimum atomic E-state index is 0.241. The first kappa shape index (κ1) is 17.2. The fraction of sp³-hybridized carbons (Fsp3) is 0.667. The molecule has 1 aromatic carbocycles. The Morgan fingerprint density at radius 1 is 0.833 bits per heavy atom. The number of hydrogen-bond donors (Lipinski definition) is 0. The Kier molecular flexibility index (Phi) is 6.13. The van der Waals surface area contributed by atoms with E-state index in [-0.39, 0.29) is 10.8 Å². The van der Waals surface area contributed by atoms with Gasteiger partial charge in [0, 0.05) is 0 Å². The van der Waals surface area contributed by atoms with E-state index in [1.165, 1.54) is 23.1 Å². The van der Waals surface area contributed by atoms with Crippen molar-refractivity contribution in [1.82, 2.24) is 0 Å². The van der Waals surface area contributed by atoms with Gasteiger partial charge < -0.3 is 0 Å². The smallest absolute Gasteiger partial charge is 0.0129 e. The molecule has 0 aromatic heterocycles. The van der Waals surface area contributed by atoms with Crippen LogP contribution in [0.15, 0.2) is 18.2 Å². The zero-order valence-corrected chi connectivity index (χ0v) is 13.9. The summed E-state index contributed by atoms with van der Waals surface area (Å²) in [5.74, 6) is 0. The van der Waals surface area contributed by atoms with Crippen molar-refractivity contribution in [2.24, 2.45) is 0 Å². The molecule has 0 heterocycles. The molecule has 1 aromatic rings. The van der Waals surface area contributed by atoms with Crippen LogP contribution in [0.3, 0.4) is 0 Å². The molecule has 0 unspecified atom stereocenters. The highest BCUT2D eigenvalue weighted by Crippen LogP contribution is 2.30. The second kappa shape index (κ2) is 6.41. The lowest BCUT2D eigenvalue weighted by molar-refractivity contribution is 0.566. The predicted octanol–water partition coefficient (Wildman–Crippen LogP) is 6.01. The molecule has 0 spiro atoms. The topological polar surface area (TPSA) is 0 Å². The Bertz CT molecular complexity index is 359. The van der Waals surface area contributed by atoms with E-state index >= 15 is 0 Å². The van der Waals surface area contributed by atoms with Gasteiger partial charge in [-0.1, -0.05) is 80.0 Å². The summed E-state index contributed by atoms with van der Waals surface area (Å²) in [6, 6.07) is 6.88. The van der Waals surface area contributed by atoms with Crippen LogP contribution in [-0.4, -0.2) is 0 Å². The Morgan fingerprint density at radius 3 is 1.61 bits per heavy atom. The third-order valence-electron chi connectivity index (χ3n) is 2.91. The molecule has 0 aliphatic carbocycles. The van der Waals surface area contributed by atoms with Crippen LogP contribution in [0.5, 0.6) is 0 Å². The molecule has 0 fully saturated rings. The monoisotopic (exact) mass is 248 g/mol. The zero-order valence-electron chi connectivity index (χ0n) is 13.9. The molecule has 104 valence electrons. The minimum absolute atomic E-state index is 0.241. The summed E-state index contributed by atoms with van der Waals surface area (Å²) in [4.78, 5) is 0. The van der Waals surface area contributed by atoms with Crippen molar-refractivity contribution >= 4 is 0 Å². The van der Waals surface area contributed by atoms with Gasteiger partial charge in [0.25, 0.3) is 0 Å². The van der Waals surface area contributed by atoms with Crippen molar-refractivity contribution in [3.05, 3.63) is 34.9 Å². The first-order valence-electron chi connectivity index (χ1n) is 7.15. The first-order valence-corrected chi connectivity index (χ1v) is 7.15. The zero-order chi connectivity index (χ0) is 14.6. The average Bonchev–Trinajstić information content (AvgIpc) is 2.15. The third-order valence-corrected chi connectivity index (χ3v) is 2.91. The Balaban J connectivity index is 0.000000873. The Hall–Kier alpha value is -0.780. The summed E-state index contributed by atoms with van der Waals surface area (Å²) >= 11 is 0. The van der Waals surface area contributed by atoms with Gasteiger partial charge in [0.05, 0.1) is 0 Å². The summed E-state index contributed by atoms with van der Waals surface area (Å²) in [6.07, 6.45) is 1.25. The standard InChI is InChI=1S/C15H24.C3H8/c1-11-8-9-12(14(2,3)4)10-13(11)15(5,6)7;1-3-2/h8-10H,1-7H3;3H2,1-2H3. The lowest BCUT2D eigenvalue weighted by Gasteiger charge is -2.26. The molecule has 18 heavy (non-hydrogen) atoms. The van der Waals surface area contributed by atoms with Crippen LogP contribution in [0.1, 0.15) is 78.5 Å². The molecule has 0 aliphatic heterocycles. The van der Waals surface area contributed by atoms with Crippen LogP contribution in [-0.2, 0) is 10.8 Å². The van der Waals surface area contributed by atoms with Gasteiger partial charge in [-0.25, -0.2) is 0 Å². The molecule has 0 amide bonds. The van der Waals surface area contributed by atoms with Crippen molar-refractivity contribution in [3.63, 3.8) is 0 Å². The van der Waals surface area contributed by atoms with E-state index in [0.717, 1.165) is 0 Å².